The van der Waals surface area contributed by atoms with E-state index in [-0.39, 0.29) is 12.2 Å². The molecule has 0 bridgehead atoms. The van der Waals surface area contributed by atoms with Crippen LogP contribution in [0.1, 0.15) is 22.0 Å². The lowest BCUT2D eigenvalue weighted by Crippen LogP contribution is -2.14. The Kier molecular flexibility index (Phi) is 5.25. The van der Waals surface area contributed by atoms with Crippen LogP contribution in [0.15, 0.2) is 53.5 Å². The van der Waals surface area contributed by atoms with Crippen molar-refractivity contribution in [2.24, 2.45) is 0 Å². The van der Waals surface area contributed by atoms with Crippen LogP contribution in [0.4, 0.5) is 0 Å². The fourth-order valence-electron chi connectivity index (χ4n) is 2.59. The zero-order chi connectivity index (χ0) is 20.2. The van der Waals surface area contributed by atoms with Gasteiger partial charge in [-0.3, -0.25) is 4.79 Å². The third-order valence-corrected chi connectivity index (χ3v) is 4.77. The fraction of sp³-hybridized carbons (Fsp3) is 0.158. The Morgan fingerprint density at radius 2 is 2.10 bits per heavy atom. The van der Waals surface area contributed by atoms with Gasteiger partial charge in [-0.25, -0.2) is 14.5 Å². The molecule has 0 fully saturated rings. The molecule has 0 saturated heterocycles. The average molecular weight is 408 g/mol. The van der Waals surface area contributed by atoms with Gasteiger partial charge in [0.2, 0.25) is 4.96 Å². The molecule has 0 unspecified atom stereocenters. The summed E-state index contributed by atoms with van der Waals surface area (Å²) in [4.78, 5) is 28.5. The van der Waals surface area contributed by atoms with Gasteiger partial charge in [0, 0.05) is 17.8 Å². The molecule has 0 aliphatic carbocycles. The van der Waals surface area contributed by atoms with Crippen molar-refractivity contribution >= 4 is 28.3 Å². The number of hydrogen-bond acceptors (Lipinski definition) is 8. The Hall–Kier alpha value is -3.66. The zero-order valence-corrected chi connectivity index (χ0v) is 16.2. The van der Waals surface area contributed by atoms with Gasteiger partial charge >= 0.3 is 5.97 Å². The fourth-order valence-corrected chi connectivity index (χ4v) is 3.45. The predicted molar refractivity (Wildman–Crippen MR) is 106 cm³/mol. The van der Waals surface area contributed by atoms with Crippen molar-refractivity contribution in [1.82, 2.24) is 29.6 Å². The van der Waals surface area contributed by atoms with Gasteiger partial charge in [0.1, 0.15) is 12.3 Å². The number of fused-ring (bicyclic) bond motifs is 1. The Labute approximate surface area is 168 Å². The normalized spacial score (nSPS) is 11.3. The molecule has 0 amide bonds. The van der Waals surface area contributed by atoms with Crippen molar-refractivity contribution in [3.8, 4) is 0 Å². The van der Waals surface area contributed by atoms with Gasteiger partial charge in [-0.1, -0.05) is 46.9 Å². The lowest BCUT2D eigenvalue weighted by Gasteiger charge is -1.99. The van der Waals surface area contributed by atoms with Gasteiger partial charge in [-0.05, 0) is 18.6 Å². The van der Waals surface area contributed by atoms with Crippen LogP contribution in [0.3, 0.4) is 0 Å². The molecule has 3 heterocycles. The predicted octanol–water partition coefficient (Wildman–Crippen LogP) is 1.86. The molecule has 9 nitrogen and oxygen atoms in total. The van der Waals surface area contributed by atoms with Crippen molar-refractivity contribution in [2.45, 2.75) is 20.1 Å². The number of ether oxygens (including phenoxy) is 1. The Morgan fingerprint density at radius 1 is 1.28 bits per heavy atom. The number of benzene rings is 1. The molecule has 0 spiro atoms. The topological polar surface area (TPSA) is 104 Å². The highest BCUT2D eigenvalue weighted by atomic mass is 32.1. The molecular weight excluding hydrogens is 392 g/mol. The van der Waals surface area contributed by atoms with Gasteiger partial charge < -0.3 is 4.74 Å². The summed E-state index contributed by atoms with van der Waals surface area (Å²) >= 11 is 1.20. The van der Waals surface area contributed by atoms with Gasteiger partial charge in [-0.15, -0.1) is 5.10 Å². The second-order valence-corrected chi connectivity index (χ2v) is 7.23. The van der Waals surface area contributed by atoms with Crippen LogP contribution in [0.25, 0.3) is 11.0 Å². The number of aromatic nitrogens is 6. The smallest absolute Gasteiger partial charge is 0.331 e. The number of hydrogen-bond donors (Lipinski definition) is 0. The van der Waals surface area contributed by atoms with Gasteiger partial charge in [0.05, 0.1) is 12.7 Å². The van der Waals surface area contributed by atoms with E-state index in [4.69, 9.17) is 4.74 Å². The molecule has 4 rings (SSSR count). The van der Waals surface area contributed by atoms with Crippen LogP contribution < -0.4 is 5.56 Å². The summed E-state index contributed by atoms with van der Waals surface area (Å²) in [5.74, 6) is -0.543. The Balaban J connectivity index is 1.34. The molecular formula is C19H16N6O3S. The minimum absolute atomic E-state index is 0.0453. The standard InChI is InChI=1S/C19H16N6O3S/c1-13-9-17(26)25-19(20-13)29-16(22-25)12-28-18(27)8-7-15-11-24(23-21-15)10-14-5-3-2-4-6-14/h2-9,11H,10,12H2,1H3/b8-7+. The molecule has 0 N–H and O–H groups in total. The van der Waals surface area contributed by atoms with Crippen LogP contribution in [0.5, 0.6) is 0 Å². The maximum absolute atomic E-state index is 12.0. The summed E-state index contributed by atoms with van der Waals surface area (Å²) < 4.78 is 8.06. The summed E-state index contributed by atoms with van der Waals surface area (Å²) in [6.45, 7) is 2.29. The lowest BCUT2D eigenvalue weighted by atomic mass is 10.2. The van der Waals surface area contributed by atoms with Crippen molar-refractivity contribution in [1.29, 1.82) is 0 Å². The maximum Gasteiger partial charge on any atom is 0.331 e. The first kappa shape index (κ1) is 18.7. The lowest BCUT2D eigenvalue weighted by molar-refractivity contribution is -0.138. The van der Waals surface area contributed by atoms with E-state index >= 15 is 0 Å². The number of rotatable bonds is 6. The van der Waals surface area contributed by atoms with Gasteiger partial charge in [0.15, 0.2) is 5.01 Å². The summed E-state index contributed by atoms with van der Waals surface area (Å²) in [5.41, 5.74) is 2.00. The average Bonchev–Trinajstić information content (AvgIpc) is 3.32. The quantitative estimate of drug-likeness (QED) is 0.354. The van der Waals surface area contributed by atoms with E-state index in [2.05, 4.69) is 20.4 Å². The summed E-state index contributed by atoms with van der Waals surface area (Å²) in [6.07, 6.45) is 4.55. The maximum atomic E-state index is 12.0. The highest BCUT2D eigenvalue weighted by Gasteiger charge is 2.09. The molecule has 0 atom stereocenters. The van der Waals surface area contributed by atoms with Gasteiger partial charge in [-0.2, -0.15) is 9.61 Å². The molecule has 3 aromatic heterocycles. The van der Waals surface area contributed by atoms with Crippen molar-refractivity contribution in [3.63, 3.8) is 0 Å². The van der Waals surface area contributed by atoms with Gasteiger partial charge in [0.25, 0.3) is 5.56 Å². The first-order valence-electron chi connectivity index (χ1n) is 8.72. The molecule has 4 aromatic rings. The first-order valence-corrected chi connectivity index (χ1v) is 9.54. The molecule has 0 aliphatic rings. The van der Waals surface area contributed by atoms with Crippen molar-refractivity contribution in [3.05, 3.63) is 81.0 Å². The number of carbonyl (C=O) groups is 1. The van der Waals surface area contributed by atoms with Crippen LogP contribution in [0, 0.1) is 6.92 Å². The first-order chi connectivity index (χ1) is 14.1. The molecule has 0 aliphatic heterocycles. The highest BCUT2D eigenvalue weighted by Crippen LogP contribution is 2.12. The number of nitrogens with zero attached hydrogens (tertiary/aromatic N) is 6. The SMILES string of the molecule is Cc1cc(=O)n2nc(COC(=O)/C=C/c3cn(Cc4ccccc4)nn3)sc2n1. The minimum atomic E-state index is -0.543. The third-order valence-electron chi connectivity index (χ3n) is 3.89. The summed E-state index contributed by atoms with van der Waals surface area (Å²) in [6, 6.07) is 11.3. The highest BCUT2D eigenvalue weighted by molar-refractivity contribution is 7.16. The van der Waals surface area contributed by atoms with E-state index in [9.17, 15) is 9.59 Å². The van der Waals surface area contributed by atoms with Crippen LogP contribution in [0.2, 0.25) is 0 Å². The molecule has 0 saturated carbocycles. The van der Waals surface area contributed by atoms with Crippen LogP contribution in [-0.2, 0) is 22.7 Å². The number of carbonyl (C=O) groups excluding carboxylic acids is 1. The van der Waals surface area contributed by atoms with Crippen molar-refractivity contribution in [2.75, 3.05) is 0 Å². The largest absolute Gasteiger partial charge is 0.455 e. The van der Waals surface area contributed by atoms with E-state index in [0.29, 0.717) is 27.9 Å². The van der Waals surface area contributed by atoms with E-state index in [1.54, 1.807) is 17.8 Å². The molecule has 1 aromatic carbocycles. The third kappa shape index (κ3) is 4.61. The zero-order valence-electron chi connectivity index (χ0n) is 15.4. The minimum Gasteiger partial charge on any atom is -0.455 e. The van der Waals surface area contributed by atoms with E-state index < -0.39 is 5.97 Å². The molecule has 10 heteroatoms. The van der Waals surface area contributed by atoms with Crippen LogP contribution >= 0.6 is 11.3 Å². The second kappa shape index (κ2) is 8.15. The van der Waals surface area contributed by atoms with Crippen LogP contribution in [-0.4, -0.2) is 35.6 Å². The molecule has 29 heavy (non-hydrogen) atoms. The summed E-state index contributed by atoms with van der Waals surface area (Å²) in [5, 5.41) is 12.7. The van der Waals surface area contributed by atoms with E-state index in [1.165, 1.54) is 34.1 Å². The summed E-state index contributed by atoms with van der Waals surface area (Å²) in [7, 11) is 0. The van der Waals surface area contributed by atoms with E-state index in [0.717, 1.165) is 5.56 Å². The monoisotopic (exact) mass is 408 g/mol. The number of esters is 1. The number of aryl methyl sites for hydroxylation is 1. The second-order valence-electron chi connectivity index (χ2n) is 6.19. The Bertz CT molecular complexity index is 1240. The van der Waals surface area contributed by atoms with E-state index in [1.807, 2.05) is 30.3 Å². The molecule has 146 valence electrons. The Morgan fingerprint density at radius 3 is 2.93 bits per heavy atom. The molecule has 0 radical (unpaired) electrons. The van der Waals surface area contributed by atoms with Crippen molar-refractivity contribution < 1.29 is 9.53 Å².